The fourth-order valence-electron chi connectivity index (χ4n) is 2.35. The summed E-state index contributed by atoms with van der Waals surface area (Å²) >= 11 is 4.92. The molecule has 0 spiro atoms. The molecule has 0 saturated heterocycles. The number of hydrogen-bond acceptors (Lipinski definition) is 3. The van der Waals surface area contributed by atoms with Gasteiger partial charge in [-0.1, -0.05) is 22.0 Å². The first-order valence-corrected chi connectivity index (χ1v) is 7.85. The average Bonchev–Trinajstić information content (AvgIpc) is 3.01. The average molecular weight is 362 g/mol. The number of nitrogens with one attached hydrogen (secondary N) is 1. The van der Waals surface area contributed by atoms with E-state index < -0.39 is 0 Å². The molecule has 4 aromatic rings. The molecule has 2 heterocycles. The number of nitrogens with two attached hydrogens (primary N) is 1. The van der Waals surface area contributed by atoms with E-state index in [0.29, 0.717) is 5.69 Å². The molecule has 21 heavy (non-hydrogen) atoms. The predicted molar refractivity (Wildman–Crippen MR) is 89.0 cm³/mol. The minimum absolute atomic E-state index is 0.228. The highest BCUT2D eigenvalue weighted by atomic mass is 79.9. The summed E-state index contributed by atoms with van der Waals surface area (Å²) in [5.41, 5.74) is 8.23. The summed E-state index contributed by atoms with van der Waals surface area (Å²) in [5, 5.41) is 1.01. The quantitative estimate of drug-likeness (QED) is 0.472. The Morgan fingerprint density at radius 1 is 1.19 bits per heavy atom. The normalized spacial score (nSPS) is 11.5. The van der Waals surface area contributed by atoms with E-state index in [1.807, 2.05) is 18.2 Å². The Morgan fingerprint density at radius 2 is 2.05 bits per heavy atom. The molecule has 0 bridgehead atoms. The van der Waals surface area contributed by atoms with Crippen molar-refractivity contribution in [2.45, 2.75) is 0 Å². The lowest BCUT2D eigenvalue weighted by Crippen LogP contribution is -1.86. The maximum atomic E-state index is 13.3. The number of imidazole rings is 1. The van der Waals surface area contributed by atoms with Gasteiger partial charge in [0.25, 0.3) is 0 Å². The van der Waals surface area contributed by atoms with Gasteiger partial charge in [0, 0.05) is 9.17 Å². The minimum Gasteiger partial charge on any atom is -0.397 e. The molecular weight excluding hydrogens is 353 g/mol. The van der Waals surface area contributed by atoms with Crippen LogP contribution in [0.2, 0.25) is 0 Å². The number of aromatic amines is 1. The minimum atomic E-state index is -0.228. The first kappa shape index (κ1) is 12.8. The van der Waals surface area contributed by atoms with Crippen molar-refractivity contribution in [3.8, 4) is 10.7 Å². The van der Waals surface area contributed by atoms with Crippen LogP contribution in [0.5, 0.6) is 0 Å². The molecule has 0 radical (unpaired) electrons. The topological polar surface area (TPSA) is 54.7 Å². The number of thiophene rings is 1. The Labute approximate surface area is 131 Å². The lowest BCUT2D eigenvalue weighted by Gasteiger charge is -1.94. The third-order valence-electron chi connectivity index (χ3n) is 3.30. The molecule has 0 unspecified atom stereocenters. The number of hydrogen-bond donors (Lipinski definition) is 2. The van der Waals surface area contributed by atoms with Gasteiger partial charge in [-0.05, 0) is 35.7 Å². The van der Waals surface area contributed by atoms with E-state index in [-0.39, 0.29) is 5.82 Å². The number of fused-ring (bicyclic) bond motifs is 2. The molecule has 0 atom stereocenters. The second-order valence-corrected chi connectivity index (χ2v) is 6.77. The Morgan fingerprint density at radius 3 is 2.90 bits per heavy atom. The first-order chi connectivity index (χ1) is 10.1. The number of halogens is 2. The first-order valence-electron chi connectivity index (χ1n) is 6.24. The van der Waals surface area contributed by atoms with Crippen molar-refractivity contribution in [3.63, 3.8) is 0 Å². The predicted octanol–water partition coefficient (Wildman–Crippen LogP) is 4.93. The summed E-state index contributed by atoms with van der Waals surface area (Å²) in [5.74, 6) is 0.519. The van der Waals surface area contributed by atoms with Crippen LogP contribution in [-0.4, -0.2) is 9.97 Å². The van der Waals surface area contributed by atoms with Gasteiger partial charge in [0.2, 0.25) is 0 Å². The van der Waals surface area contributed by atoms with Crippen molar-refractivity contribution in [1.82, 2.24) is 9.97 Å². The number of H-pyrrole nitrogens is 1. The molecule has 3 N–H and O–H groups in total. The van der Waals surface area contributed by atoms with Crippen LogP contribution in [-0.2, 0) is 0 Å². The van der Waals surface area contributed by atoms with Gasteiger partial charge in [-0.2, -0.15) is 0 Å². The van der Waals surface area contributed by atoms with Crippen molar-refractivity contribution < 1.29 is 4.39 Å². The van der Waals surface area contributed by atoms with Crippen LogP contribution >= 0.6 is 27.3 Å². The molecule has 6 heteroatoms. The zero-order valence-electron chi connectivity index (χ0n) is 10.7. The van der Waals surface area contributed by atoms with Gasteiger partial charge < -0.3 is 10.7 Å². The number of nitrogens with zero attached hydrogens (tertiary/aromatic N) is 1. The summed E-state index contributed by atoms with van der Waals surface area (Å²) in [7, 11) is 0. The van der Waals surface area contributed by atoms with E-state index in [9.17, 15) is 4.39 Å². The van der Waals surface area contributed by atoms with Crippen LogP contribution in [0.15, 0.2) is 40.9 Å². The van der Waals surface area contributed by atoms with Crippen molar-refractivity contribution in [2.24, 2.45) is 0 Å². The SMILES string of the molecule is Nc1cc(Br)cc2[nH]c(-c3cc4ccc(F)cc4s3)nc12. The van der Waals surface area contributed by atoms with Crippen LogP contribution in [0.3, 0.4) is 0 Å². The molecule has 0 fully saturated rings. The van der Waals surface area contributed by atoms with E-state index in [2.05, 4.69) is 25.9 Å². The standard InChI is InChI=1S/C15H9BrFN3S/c16-8-4-10(18)14-11(5-8)19-15(20-14)13-3-7-1-2-9(17)6-12(7)21-13/h1-6H,18H2,(H,19,20). The highest BCUT2D eigenvalue weighted by Crippen LogP contribution is 2.34. The second kappa shape index (κ2) is 4.54. The number of anilines is 1. The number of benzene rings is 2. The highest BCUT2D eigenvalue weighted by molar-refractivity contribution is 9.10. The molecule has 0 aliphatic heterocycles. The van der Waals surface area contributed by atoms with Crippen LogP contribution < -0.4 is 5.73 Å². The van der Waals surface area contributed by atoms with Gasteiger partial charge in [-0.25, -0.2) is 9.37 Å². The Balaban J connectivity index is 1.93. The summed E-state index contributed by atoms with van der Waals surface area (Å²) in [6.07, 6.45) is 0. The molecule has 2 aromatic carbocycles. The molecule has 0 amide bonds. The van der Waals surface area contributed by atoms with Crippen LogP contribution in [0, 0.1) is 5.82 Å². The molecule has 0 aliphatic rings. The Hall–Kier alpha value is -1.92. The zero-order chi connectivity index (χ0) is 14.6. The van der Waals surface area contributed by atoms with E-state index in [1.54, 1.807) is 6.07 Å². The van der Waals surface area contributed by atoms with Crippen LogP contribution in [0.4, 0.5) is 10.1 Å². The van der Waals surface area contributed by atoms with Gasteiger partial charge >= 0.3 is 0 Å². The van der Waals surface area contributed by atoms with Crippen LogP contribution in [0.25, 0.3) is 31.8 Å². The Kier molecular flexibility index (Phi) is 2.77. The Bertz CT molecular complexity index is 989. The van der Waals surface area contributed by atoms with Crippen molar-refractivity contribution in [2.75, 3.05) is 5.73 Å². The third-order valence-corrected chi connectivity index (χ3v) is 4.86. The number of rotatable bonds is 1. The summed E-state index contributed by atoms with van der Waals surface area (Å²) in [4.78, 5) is 8.78. The van der Waals surface area contributed by atoms with Crippen molar-refractivity contribution in [1.29, 1.82) is 0 Å². The molecule has 4 rings (SSSR count). The summed E-state index contributed by atoms with van der Waals surface area (Å²) in [6.45, 7) is 0. The van der Waals surface area contributed by atoms with Gasteiger partial charge in [-0.3, -0.25) is 0 Å². The lowest BCUT2D eigenvalue weighted by molar-refractivity contribution is 0.630. The zero-order valence-corrected chi connectivity index (χ0v) is 13.1. The van der Waals surface area contributed by atoms with E-state index in [1.165, 1.54) is 23.5 Å². The van der Waals surface area contributed by atoms with Crippen LogP contribution in [0.1, 0.15) is 0 Å². The van der Waals surface area contributed by atoms with E-state index in [4.69, 9.17) is 5.73 Å². The number of nitrogen functional groups attached to an aromatic ring is 1. The monoisotopic (exact) mass is 361 g/mol. The van der Waals surface area contributed by atoms with Gasteiger partial charge in [0.15, 0.2) is 0 Å². The maximum absolute atomic E-state index is 13.3. The van der Waals surface area contributed by atoms with Crippen molar-refractivity contribution >= 4 is 54.1 Å². The molecule has 3 nitrogen and oxygen atoms in total. The van der Waals surface area contributed by atoms with Crippen molar-refractivity contribution in [3.05, 3.63) is 46.7 Å². The van der Waals surface area contributed by atoms with Gasteiger partial charge in [-0.15, -0.1) is 11.3 Å². The molecule has 2 aromatic heterocycles. The number of aromatic nitrogens is 2. The van der Waals surface area contributed by atoms with Gasteiger partial charge in [0.05, 0.1) is 16.1 Å². The molecular formula is C15H9BrFN3S. The lowest BCUT2D eigenvalue weighted by atomic mass is 10.2. The largest absolute Gasteiger partial charge is 0.397 e. The highest BCUT2D eigenvalue weighted by Gasteiger charge is 2.11. The fraction of sp³-hybridized carbons (Fsp3) is 0. The van der Waals surface area contributed by atoms with Gasteiger partial charge in [0.1, 0.15) is 17.2 Å². The smallest absolute Gasteiger partial charge is 0.148 e. The third kappa shape index (κ3) is 2.11. The van der Waals surface area contributed by atoms with E-state index in [0.717, 1.165) is 36.3 Å². The molecule has 0 aliphatic carbocycles. The second-order valence-electron chi connectivity index (χ2n) is 4.77. The summed E-state index contributed by atoms with van der Waals surface area (Å²) in [6, 6.07) is 10.5. The van der Waals surface area contributed by atoms with E-state index >= 15 is 0 Å². The molecule has 0 saturated carbocycles. The fourth-order valence-corrected chi connectivity index (χ4v) is 3.85. The molecule has 104 valence electrons. The summed E-state index contributed by atoms with van der Waals surface area (Å²) < 4.78 is 15.1. The maximum Gasteiger partial charge on any atom is 0.148 e.